The first-order valence-corrected chi connectivity index (χ1v) is 42.3. The van der Waals surface area contributed by atoms with Gasteiger partial charge in [-0.25, -0.2) is 0 Å². The molecule has 4 aromatic rings. The van der Waals surface area contributed by atoms with Crippen molar-refractivity contribution in [3.05, 3.63) is 127 Å². The van der Waals surface area contributed by atoms with Crippen molar-refractivity contribution in [3.63, 3.8) is 0 Å². The van der Waals surface area contributed by atoms with Crippen molar-refractivity contribution >= 4 is 35.1 Å². The molecule has 0 nitrogen and oxygen atoms in total. The van der Waals surface area contributed by atoms with Gasteiger partial charge in [0.1, 0.15) is 0 Å². The Balaban J connectivity index is 1.73. The molecule has 2 aliphatic carbocycles. The van der Waals surface area contributed by atoms with Crippen LogP contribution in [0, 0.1) is 0 Å². The molecule has 0 N–H and O–H groups in total. The number of halogens is 2. The van der Waals surface area contributed by atoms with Gasteiger partial charge in [0.15, 0.2) is 0 Å². The molecule has 2 atom stereocenters. The molecular formula is C62H89Cl2SiZr. The number of hydrogen-bond acceptors (Lipinski definition) is 0. The second-order valence-electron chi connectivity index (χ2n) is 25.9. The summed E-state index contributed by atoms with van der Waals surface area (Å²) in [7, 11) is 18.5. The van der Waals surface area contributed by atoms with Crippen LogP contribution < -0.4 is 0 Å². The van der Waals surface area contributed by atoms with E-state index in [1.807, 2.05) is 0 Å². The van der Waals surface area contributed by atoms with Gasteiger partial charge in [-0.3, -0.25) is 0 Å². The molecule has 0 amide bonds. The fourth-order valence-electron chi connectivity index (χ4n) is 11.3. The van der Waals surface area contributed by atoms with Gasteiger partial charge in [-0.2, -0.15) is 0 Å². The second-order valence-corrected chi connectivity index (χ2v) is 68.4. The Morgan fingerprint density at radius 3 is 1.05 bits per heavy atom. The zero-order chi connectivity index (χ0) is 49.3. The zero-order valence-electron chi connectivity index (χ0n) is 45.3. The van der Waals surface area contributed by atoms with Crippen LogP contribution in [0.15, 0.2) is 71.8 Å². The summed E-state index contributed by atoms with van der Waals surface area (Å²) in [5, 5.41) is 0. The summed E-state index contributed by atoms with van der Waals surface area (Å²) < 4.78 is 0.114. The molecule has 0 radical (unpaired) electrons. The summed E-state index contributed by atoms with van der Waals surface area (Å²) in [6.07, 6.45) is 11.9. The van der Waals surface area contributed by atoms with Crippen molar-refractivity contribution in [2.24, 2.45) is 0 Å². The van der Waals surface area contributed by atoms with Gasteiger partial charge in [-0.15, -0.1) is 0 Å². The van der Waals surface area contributed by atoms with Gasteiger partial charge >= 0.3 is 417 Å². The second kappa shape index (κ2) is 19.0. The maximum atomic E-state index is 9.24. The van der Waals surface area contributed by atoms with Crippen molar-refractivity contribution in [2.45, 2.75) is 217 Å². The molecule has 0 aromatic heterocycles. The third-order valence-corrected chi connectivity index (χ3v) is 67.5. The predicted octanol–water partition coefficient (Wildman–Crippen LogP) is 20.4. The standard InChI is InChI=1S/2C30H41.C2H7Si.2ClH.Zr/c2*1-10-11-12-21-15-22-13-14-26(20(2)3)28(27(22)16-21)23-17-24(29(4,5)6)19-25(18-23)30(7,8)9;1-3-2;;;/h2*13-20H,10-12H2,1-9H3;3H,1-2H3;2*1H;/q;;;;;+2/p-2. The molecule has 4 heteroatoms. The number of hydrogen-bond donors (Lipinski definition) is 0. The van der Waals surface area contributed by atoms with Crippen LogP contribution in [-0.2, 0) is 37.2 Å². The van der Waals surface area contributed by atoms with Crippen LogP contribution in [0.1, 0.15) is 238 Å². The normalized spacial score (nSPS) is 17.6. The third kappa shape index (κ3) is 10.00. The average Bonchev–Trinajstić information content (AvgIpc) is 3.79. The van der Waals surface area contributed by atoms with E-state index in [-0.39, 0.29) is 28.9 Å². The van der Waals surface area contributed by atoms with Gasteiger partial charge in [-0.05, 0) is 0 Å². The van der Waals surface area contributed by atoms with E-state index in [9.17, 15) is 17.0 Å². The van der Waals surface area contributed by atoms with E-state index in [0.29, 0.717) is 11.8 Å². The first-order chi connectivity index (χ1) is 30.4. The average molecular weight is 1020 g/mol. The topological polar surface area (TPSA) is 0 Å². The predicted molar refractivity (Wildman–Crippen MR) is 298 cm³/mol. The van der Waals surface area contributed by atoms with E-state index in [1.54, 1.807) is 0 Å². The monoisotopic (exact) mass is 1020 g/mol. The zero-order valence-corrected chi connectivity index (χ0v) is 50.4. The summed E-state index contributed by atoms with van der Waals surface area (Å²) in [6, 6.07) is 25.0. The minimum absolute atomic E-state index is 0.00946. The van der Waals surface area contributed by atoms with Gasteiger partial charge < -0.3 is 0 Å². The molecule has 2 aliphatic rings. The quantitative estimate of drug-likeness (QED) is 0.117. The van der Waals surface area contributed by atoms with E-state index in [0.717, 1.165) is 38.5 Å². The van der Waals surface area contributed by atoms with Crippen molar-refractivity contribution in [1.82, 2.24) is 0 Å². The fraction of sp³-hybridized carbons (Fsp3) is 0.548. The summed E-state index contributed by atoms with van der Waals surface area (Å²) >= 11 is -5.15. The first-order valence-electron chi connectivity index (χ1n) is 26.0. The van der Waals surface area contributed by atoms with Gasteiger partial charge in [0.25, 0.3) is 0 Å². The van der Waals surface area contributed by atoms with E-state index < -0.39 is 21.5 Å². The third-order valence-electron chi connectivity index (χ3n) is 15.6. The summed E-state index contributed by atoms with van der Waals surface area (Å²) in [5.74, 6) is -1.08. The Kier molecular flexibility index (Phi) is 15.4. The van der Waals surface area contributed by atoms with Gasteiger partial charge in [-0.1, -0.05) is 0 Å². The molecule has 6 rings (SSSR count). The molecule has 0 saturated carbocycles. The van der Waals surface area contributed by atoms with E-state index >= 15 is 0 Å². The number of rotatable bonds is 13. The summed E-state index contributed by atoms with van der Waals surface area (Å²) in [4.78, 5) is 0. The molecule has 0 fully saturated rings. The SMILES string of the molecule is CCCCC1=Cc2c(ccc(C(C)C)c2-c2cc(C(C)(C)C)cc(C(C)(C)C)c2)[CH]1[Zr]([Cl])([Cl])([CH]1C(CCCC)=Cc2c1ccc(C(C)C)c2-c1cc(C(C)(C)C)cc(C(C)(C)C)c1)[SiH](C)C. The molecule has 0 aliphatic heterocycles. The Morgan fingerprint density at radius 2 is 0.803 bits per heavy atom. The maximum absolute atomic E-state index is 9.24. The van der Waals surface area contributed by atoms with Crippen LogP contribution in [0.3, 0.4) is 0 Å². The number of allylic oxidation sites excluding steroid dienone is 2. The molecular weight excluding hydrogens is 935 g/mol. The Labute approximate surface area is 414 Å². The molecule has 0 bridgehead atoms. The molecule has 4 aromatic carbocycles. The number of fused-ring (bicyclic) bond motifs is 2. The van der Waals surface area contributed by atoms with E-state index in [1.165, 1.54) is 89.0 Å². The first kappa shape index (κ1) is 53.4. The van der Waals surface area contributed by atoms with Crippen LogP contribution in [0.4, 0.5) is 0 Å². The Morgan fingerprint density at radius 1 is 0.500 bits per heavy atom. The van der Waals surface area contributed by atoms with Crippen LogP contribution >= 0.6 is 17.0 Å². The minimum atomic E-state index is -5.15. The van der Waals surface area contributed by atoms with Crippen LogP contribution in [0.2, 0.25) is 13.1 Å². The summed E-state index contributed by atoms with van der Waals surface area (Å²) in [5.41, 5.74) is 22.5. The van der Waals surface area contributed by atoms with E-state index in [2.05, 4.69) is 211 Å². The van der Waals surface area contributed by atoms with Crippen LogP contribution in [0.25, 0.3) is 34.4 Å². The molecule has 0 spiro atoms. The number of benzene rings is 4. The van der Waals surface area contributed by atoms with Crippen LogP contribution in [0.5, 0.6) is 0 Å². The van der Waals surface area contributed by atoms with Crippen molar-refractivity contribution < 1.29 is 15.6 Å². The van der Waals surface area contributed by atoms with Crippen molar-refractivity contribution in [3.8, 4) is 22.3 Å². The van der Waals surface area contributed by atoms with Crippen molar-refractivity contribution in [2.75, 3.05) is 0 Å². The molecule has 0 heterocycles. The van der Waals surface area contributed by atoms with Gasteiger partial charge in [0.2, 0.25) is 0 Å². The Hall–Kier alpha value is -1.96. The Bertz CT molecular complexity index is 2280. The summed E-state index contributed by atoms with van der Waals surface area (Å²) in [6.45, 7) is 47.6. The molecule has 2 unspecified atom stereocenters. The van der Waals surface area contributed by atoms with Gasteiger partial charge in [0, 0.05) is 0 Å². The number of unbranched alkanes of at least 4 members (excludes halogenated alkanes) is 2. The molecule has 0 saturated heterocycles. The molecule has 359 valence electrons. The van der Waals surface area contributed by atoms with E-state index in [4.69, 9.17) is 0 Å². The molecule has 66 heavy (non-hydrogen) atoms. The van der Waals surface area contributed by atoms with Crippen LogP contribution in [-0.4, -0.2) is 5.92 Å². The fourth-order valence-corrected chi connectivity index (χ4v) is 42.8. The van der Waals surface area contributed by atoms with Gasteiger partial charge in [0.05, 0.1) is 0 Å². The van der Waals surface area contributed by atoms with Crippen molar-refractivity contribution in [1.29, 1.82) is 0 Å².